The highest BCUT2D eigenvalue weighted by molar-refractivity contribution is 5.56. The fraction of sp³-hybridized carbons (Fsp3) is 0.538. The van der Waals surface area contributed by atoms with Crippen molar-refractivity contribution in [3.8, 4) is 22.9 Å². The number of ether oxygens (including phenoxy) is 2. The van der Waals surface area contributed by atoms with Gasteiger partial charge in [-0.15, -0.1) is 0 Å². The molecule has 2 rings (SSSR count). The molecule has 13 heteroatoms. The first kappa shape index (κ1) is 32.2. The molecule has 0 saturated heterocycles. The summed E-state index contributed by atoms with van der Waals surface area (Å²) in [5, 5.41) is 0. The highest BCUT2D eigenvalue weighted by atomic mass is 19.4. The number of hydrogen-bond acceptors (Lipinski definition) is 4. The van der Waals surface area contributed by atoms with Gasteiger partial charge in [0.05, 0.1) is 25.6 Å². The van der Waals surface area contributed by atoms with E-state index in [9.17, 15) is 39.5 Å². The van der Waals surface area contributed by atoms with E-state index >= 15 is 0 Å². The zero-order valence-corrected chi connectivity index (χ0v) is 21.1. The van der Waals surface area contributed by atoms with Crippen LogP contribution in [0, 0.1) is 0 Å². The van der Waals surface area contributed by atoms with Crippen molar-refractivity contribution in [2.75, 3.05) is 13.2 Å². The van der Waals surface area contributed by atoms with E-state index in [1.54, 1.807) is 24.3 Å². The fourth-order valence-corrected chi connectivity index (χ4v) is 3.25. The minimum absolute atomic E-state index is 0.117. The second-order valence-corrected chi connectivity index (χ2v) is 8.67. The lowest BCUT2D eigenvalue weighted by molar-refractivity contribution is -0.396. The normalized spacial score (nSPS) is 13.2. The van der Waals surface area contributed by atoms with Gasteiger partial charge in [0.15, 0.2) is 11.6 Å². The molecule has 0 aliphatic heterocycles. The van der Waals surface area contributed by atoms with Gasteiger partial charge in [0, 0.05) is 12.0 Å². The molecule has 0 N–H and O–H groups in total. The van der Waals surface area contributed by atoms with Crippen LogP contribution in [0.25, 0.3) is 11.4 Å². The van der Waals surface area contributed by atoms with Crippen LogP contribution in [-0.2, 0) is 0 Å². The Morgan fingerprint density at radius 2 is 1.28 bits per heavy atom. The molecule has 0 unspecified atom stereocenters. The van der Waals surface area contributed by atoms with Gasteiger partial charge >= 0.3 is 23.9 Å². The maximum absolute atomic E-state index is 13.5. The quantitative estimate of drug-likeness (QED) is 0.115. The number of nitrogens with zero attached hydrogens (tertiary/aromatic N) is 2. The summed E-state index contributed by atoms with van der Waals surface area (Å²) in [4.78, 5) is 8.23. The number of alkyl halides is 9. The van der Waals surface area contributed by atoms with Crippen molar-refractivity contribution >= 4 is 0 Å². The van der Waals surface area contributed by atoms with Crippen LogP contribution in [0.1, 0.15) is 51.9 Å². The SMILES string of the molecule is CCCC/C=C/CCOc1ccc(-c2ncc(OCCCCC(F)(F)C(F)(F)C(F)(F)C(F)(F)F)cn2)cc1. The Hall–Kier alpha value is -2.99. The number of benzene rings is 1. The van der Waals surface area contributed by atoms with Crippen LogP contribution < -0.4 is 9.47 Å². The summed E-state index contributed by atoms with van der Waals surface area (Å²) in [6, 6.07) is 7.02. The van der Waals surface area contributed by atoms with E-state index in [0.29, 0.717) is 23.7 Å². The third kappa shape index (κ3) is 8.76. The number of unbranched alkanes of at least 4 members (excludes halogenated alkanes) is 3. The predicted octanol–water partition coefficient (Wildman–Crippen LogP) is 8.68. The van der Waals surface area contributed by atoms with Gasteiger partial charge in [0.2, 0.25) is 0 Å². The van der Waals surface area contributed by atoms with Crippen molar-refractivity contribution in [3.05, 3.63) is 48.8 Å². The Morgan fingerprint density at radius 3 is 1.87 bits per heavy atom. The third-order valence-electron chi connectivity index (χ3n) is 5.55. The monoisotopic (exact) mass is 572 g/mol. The van der Waals surface area contributed by atoms with E-state index in [4.69, 9.17) is 9.47 Å². The van der Waals surface area contributed by atoms with Crippen molar-refractivity contribution in [3.63, 3.8) is 0 Å². The van der Waals surface area contributed by atoms with Crippen LogP contribution in [-0.4, -0.2) is 47.1 Å². The Balaban J connectivity index is 1.78. The number of allylic oxidation sites excluding steroid dienone is 1. The van der Waals surface area contributed by atoms with Crippen LogP contribution in [0.3, 0.4) is 0 Å². The van der Waals surface area contributed by atoms with Crippen molar-refractivity contribution in [2.24, 2.45) is 0 Å². The molecule has 0 radical (unpaired) electrons. The van der Waals surface area contributed by atoms with E-state index < -0.39 is 36.8 Å². The smallest absolute Gasteiger partial charge is 0.460 e. The van der Waals surface area contributed by atoms with Crippen molar-refractivity contribution in [1.82, 2.24) is 9.97 Å². The molecular weight excluding hydrogens is 543 g/mol. The molecule has 0 amide bonds. The highest BCUT2D eigenvalue weighted by Crippen LogP contribution is 2.54. The largest absolute Gasteiger partial charge is 0.493 e. The maximum Gasteiger partial charge on any atom is 0.460 e. The Bertz CT molecular complexity index is 1030. The third-order valence-corrected chi connectivity index (χ3v) is 5.55. The molecule has 0 fully saturated rings. The van der Waals surface area contributed by atoms with Crippen molar-refractivity contribution < 1.29 is 49.0 Å². The molecule has 0 spiro atoms. The zero-order chi connectivity index (χ0) is 29.2. The van der Waals surface area contributed by atoms with E-state index in [2.05, 4.69) is 29.0 Å². The number of halogens is 9. The van der Waals surface area contributed by atoms with Crippen LogP contribution in [0.15, 0.2) is 48.8 Å². The molecule has 1 aromatic heterocycles. The molecule has 39 heavy (non-hydrogen) atoms. The first-order valence-corrected chi connectivity index (χ1v) is 12.3. The van der Waals surface area contributed by atoms with Crippen LogP contribution in [0.2, 0.25) is 0 Å². The minimum atomic E-state index is -6.88. The van der Waals surface area contributed by atoms with Crippen LogP contribution in [0.5, 0.6) is 11.5 Å². The van der Waals surface area contributed by atoms with Gasteiger partial charge in [-0.3, -0.25) is 0 Å². The molecular formula is C26H29F9N2O2. The minimum Gasteiger partial charge on any atom is -0.493 e. The van der Waals surface area contributed by atoms with Gasteiger partial charge in [-0.2, -0.15) is 39.5 Å². The first-order valence-electron chi connectivity index (χ1n) is 12.3. The molecule has 1 aromatic carbocycles. The molecule has 2 aromatic rings. The van der Waals surface area contributed by atoms with Gasteiger partial charge in [0.1, 0.15) is 5.75 Å². The topological polar surface area (TPSA) is 44.2 Å². The van der Waals surface area contributed by atoms with Gasteiger partial charge in [-0.1, -0.05) is 31.9 Å². The van der Waals surface area contributed by atoms with Crippen LogP contribution in [0.4, 0.5) is 39.5 Å². The molecule has 218 valence electrons. The summed E-state index contributed by atoms with van der Waals surface area (Å²) in [6.07, 6.45) is 1.09. The predicted molar refractivity (Wildman–Crippen MR) is 126 cm³/mol. The average molecular weight is 573 g/mol. The summed E-state index contributed by atoms with van der Waals surface area (Å²) in [5.74, 6) is -17.9. The second-order valence-electron chi connectivity index (χ2n) is 8.67. The Kier molecular flexibility index (Phi) is 11.5. The zero-order valence-electron chi connectivity index (χ0n) is 21.1. The summed E-state index contributed by atoms with van der Waals surface area (Å²) in [7, 11) is 0. The number of rotatable bonds is 16. The number of aromatic nitrogens is 2. The standard InChI is InChI=1S/C26H29F9N2O2/c1-2-3-4-5-6-8-15-38-20-12-10-19(11-13-20)22-36-17-21(18-37-22)39-16-9-7-14-23(27,28)24(29,30)25(31,32)26(33,34)35/h5-6,10-13,17-18H,2-4,7-9,14-16H2,1H3/b6-5+. The van der Waals surface area contributed by atoms with E-state index in [-0.39, 0.29) is 18.8 Å². The summed E-state index contributed by atoms with van der Waals surface area (Å²) in [6.45, 7) is 2.36. The Labute approximate surface area is 220 Å². The van der Waals surface area contributed by atoms with Crippen molar-refractivity contribution in [2.45, 2.75) is 75.8 Å². The molecule has 0 atom stereocenters. The molecule has 0 bridgehead atoms. The fourth-order valence-electron chi connectivity index (χ4n) is 3.25. The average Bonchev–Trinajstić information content (AvgIpc) is 2.88. The lowest BCUT2D eigenvalue weighted by Gasteiger charge is -2.33. The summed E-state index contributed by atoms with van der Waals surface area (Å²) < 4.78 is 127. The number of hydrogen-bond donors (Lipinski definition) is 0. The first-order chi connectivity index (χ1) is 18.2. The molecule has 0 aliphatic carbocycles. The summed E-state index contributed by atoms with van der Waals surface area (Å²) >= 11 is 0. The maximum atomic E-state index is 13.5. The second kappa shape index (κ2) is 13.9. The van der Waals surface area contributed by atoms with E-state index in [1.165, 1.54) is 12.4 Å². The lowest BCUT2D eigenvalue weighted by Crippen LogP contribution is -2.60. The van der Waals surface area contributed by atoms with Gasteiger partial charge in [-0.25, -0.2) is 9.97 Å². The molecule has 4 nitrogen and oxygen atoms in total. The Morgan fingerprint density at radius 1 is 0.692 bits per heavy atom. The van der Waals surface area contributed by atoms with Crippen molar-refractivity contribution in [1.29, 1.82) is 0 Å². The van der Waals surface area contributed by atoms with Gasteiger partial charge < -0.3 is 9.47 Å². The molecule has 0 aliphatic rings. The van der Waals surface area contributed by atoms with E-state index in [1.807, 2.05) is 0 Å². The van der Waals surface area contributed by atoms with E-state index in [0.717, 1.165) is 25.7 Å². The molecule has 1 heterocycles. The molecule has 0 saturated carbocycles. The van der Waals surface area contributed by atoms with Gasteiger partial charge in [-0.05, 0) is 49.9 Å². The highest BCUT2D eigenvalue weighted by Gasteiger charge is 2.81. The lowest BCUT2D eigenvalue weighted by atomic mass is 9.99. The van der Waals surface area contributed by atoms with Crippen LogP contribution >= 0.6 is 0 Å². The van der Waals surface area contributed by atoms with Gasteiger partial charge in [0.25, 0.3) is 0 Å². The summed E-state index contributed by atoms with van der Waals surface area (Å²) in [5.41, 5.74) is 0.673.